The number of rotatable bonds is 7. The van der Waals surface area contributed by atoms with E-state index in [1.807, 2.05) is 0 Å². The molecule has 1 N–H and O–H groups in total. The van der Waals surface area contributed by atoms with Gasteiger partial charge < -0.3 is 19.5 Å². The van der Waals surface area contributed by atoms with E-state index in [1.165, 1.54) is 41.4 Å². The second kappa shape index (κ2) is 9.50. The average molecular weight is 499 g/mol. The number of nitrogens with zero attached hydrogens (tertiary/aromatic N) is 7. The molecule has 1 aliphatic rings. The van der Waals surface area contributed by atoms with Gasteiger partial charge in [-0.2, -0.15) is 5.10 Å². The van der Waals surface area contributed by atoms with Crippen LogP contribution in [-0.4, -0.2) is 59.7 Å². The zero-order valence-corrected chi connectivity index (χ0v) is 19.4. The van der Waals surface area contributed by atoms with Crippen LogP contribution in [0, 0.1) is 19.7 Å². The maximum Gasteiger partial charge on any atom is 0.290 e. The monoisotopic (exact) mass is 498 g/mol. The number of nitrogens with one attached hydrogen (secondary N) is 1. The highest BCUT2D eigenvalue weighted by atomic mass is 19.1. The van der Waals surface area contributed by atoms with Crippen molar-refractivity contribution in [2.45, 2.75) is 33.0 Å². The van der Waals surface area contributed by atoms with Crippen molar-refractivity contribution < 1.29 is 24.9 Å². The third kappa shape index (κ3) is 4.44. The molecular formula is C25H27FN8O2. The number of methoxy groups -OCH3 is 1. The Morgan fingerprint density at radius 3 is 2.97 bits per heavy atom. The molecule has 3 aromatic heterocycles. The van der Waals surface area contributed by atoms with Crippen molar-refractivity contribution in [3.8, 4) is 11.4 Å². The van der Waals surface area contributed by atoms with E-state index in [0.717, 1.165) is 9.58 Å². The van der Waals surface area contributed by atoms with Crippen molar-refractivity contribution in [3.05, 3.63) is 71.2 Å². The zero-order chi connectivity index (χ0) is 32.2. The molecule has 0 fully saturated rings. The number of fused-ring (bicyclic) bond motifs is 1. The third-order valence-electron chi connectivity index (χ3n) is 5.86. The van der Waals surface area contributed by atoms with E-state index in [1.54, 1.807) is 19.9 Å². The Morgan fingerprint density at radius 1 is 1.28 bits per heavy atom. The molecule has 4 aromatic rings. The number of ether oxygens (including phenoxy) is 1. The molecule has 1 aliphatic heterocycles. The second-order valence-corrected chi connectivity index (χ2v) is 8.33. The molecule has 36 heavy (non-hydrogen) atoms. The number of carbonyl (C=O) groups is 1. The average Bonchev–Trinajstić information content (AvgIpc) is 3.55. The lowest BCUT2D eigenvalue weighted by Gasteiger charge is -2.35. The van der Waals surface area contributed by atoms with Gasteiger partial charge in [-0.25, -0.2) is 19.3 Å². The Balaban J connectivity index is 1.52. The minimum absolute atomic E-state index is 0.0252. The Bertz CT molecular complexity index is 1720. The number of anilines is 2. The van der Waals surface area contributed by atoms with Gasteiger partial charge in [-0.15, -0.1) is 0 Å². The molecule has 1 aromatic carbocycles. The van der Waals surface area contributed by atoms with Gasteiger partial charge in [-0.3, -0.25) is 9.48 Å². The van der Waals surface area contributed by atoms with Gasteiger partial charge in [0.1, 0.15) is 17.3 Å². The lowest BCUT2D eigenvalue weighted by molar-refractivity contribution is 0.0380. The Kier molecular flexibility index (Phi) is 4.17. The Hall–Kier alpha value is -4.12. The number of aryl methyl sites for hydroxylation is 3. The maximum atomic E-state index is 14.3. The molecule has 11 heteroatoms. The van der Waals surface area contributed by atoms with Crippen LogP contribution >= 0.6 is 0 Å². The van der Waals surface area contributed by atoms with Crippen LogP contribution in [0.25, 0.3) is 11.4 Å². The minimum atomic E-state index is -3.11. The first-order valence-electron chi connectivity index (χ1n) is 14.9. The molecule has 0 bridgehead atoms. The second-order valence-electron chi connectivity index (χ2n) is 8.33. The summed E-state index contributed by atoms with van der Waals surface area (Å²) >= 11 is 0. The summed E-state index contributed by atoms with van der Waals surface area (Å²) in [5.41, 5.74) is 1.82. The number of carbonyl (C=O) groups excluding carboxylic acids is 1. The Labute approximate surface area is 219 Å². The van der Waals surface area contributed by atoms with Gasteiger partial charge in [-0.1, -0.05) is 12.1 Å². The predicted octanol–water partition coefficient (Wildman–Crippen LogP) is 3.24. The normalized spacial score (nSPS) is 19.7. The molecule has 0 aliphatic carbocycles. The van der Waals surface area contributed by atoms with Crippen LogP contribution < -0.4 is 5.32 Å². The van der Waals surface area contributed by atoms with E-state index in [0.29, 0.717) is 22.4 Å². The summed E-state index contributed by atoms with van der Waals surface area (Å²) < 4.78 is 83.6. The van der Waals surface area contributed by atoms with Gasteiger partial charge in [0.05, 0.1) is 31.3 Å². The number of imidazole rings is 1. The number of aromatic nitrogens is 6. The molecule has 5 rings (SSSR count). The predicted molar refractivity (Wildman–Crippen MR) is 131 cm³/mol. The summed E-state index contributed by atoms with van der Waals surface area (Å²) in [7, 11) is -3.11. The number of hydrogen-bond donors (Lipinski definition) is 1. The van der Waals surface area contributed by atoms with Crippen molar-refractivity contribution in [1.29, 1.82) is 0 Å². The summed E-state index contributed by atoms with van der Waals surface area (Å²) in [6.45, 7) is -2.59. The summed E-state index contributed by atoms with van der Waals surface area (Å²) in [6.07, 6.45) is 4.26. The molecule has 1 unspecified atom stereocenters. The topological polar surface area (TPSA) is 103 Å². The quantitative estimate of drug-likeness (QED) is 0.417. The first-order valence-corrected chi connectivity index (χ1v) is 10.9. The van der Waals surface area contributed by atoms with E-state index >= 15 is 0 Å². The van der Waals surface area contributed by atoms with E-state index in [9.17, 15) is 9.18 Å². The van der Waals surface area contributed by atoms with Gasteiger partial charge in [0.25, 0.3) is 5.91 Å². The fourth-order valence-corrected chi connectivity index (χ4v) is 3.95. The lowest BCUT2D eigenvalue weighted by atomic mass is 10.1. The van der Waals surface area contributed by atoms with Crippen molar-refractivity contribution in [3.63, 3.8) is 0 Å². The minimum Gasteiger partial charge on any atom is -0.382 e. The van der Waals surface area contributed by atoms with E-state index in [4.69, 9.17) is 15.7 Å². The van der Waals surface area contributed by atoms with Crippen LogP contribution in [0.4, 0.5) is 16.2 Å². The summed E-state index contributed by atoms with van der Waals surface area (Å²) in [5, 5.41) is 6.63. The van der Waals surface area contributed by atoms with Crippen molar-refractivity contribution in [2.24, 2.45) is 6.98 Å². The largest absolute Gasteiger partial charge is 0.382 e. The molecule has 10 nitrogen and oxygen atoms in total. The molecule has 186 valence electrons. The van der Waals surface area contributed by atoms with Crippen molar-refractivity contribution >= 4 is 17.7 Å². The lowest BCUT2D eigenvalue weighted by Crippen LogP contribution is -2.49. The highest BCUT2D eigenvalue weighted by Crippen LogP contribution is 2.27. The van der Waals surface area contributed by atoms with E-state index < -0.39 is 38.3 Å². The van der Waals surface area contributed by atoms with E-state index in [-0.39, 0.29) is 36.4 Å². The fourth-order valence-electron chi connectivity index (χ4n) is 3.95. The molecule has 1 atom stereocenters. The first kappa shape index (κ1) is 15.8. The maximum absolute atomic E-state index is 14.3. The highest BCUT2D eigenvalue weighted by molar-refractivity contribution is 5.92. The SMILES string of the molecule is [2H]C([2H])([2H])OC([2H])([2H])C1Cn2cc(-c3nc(Nc4ccnn4C([2H])([2H])[2H])ncc3C)nc2C(=O)N1Cc1ccc(C)c(F)c1. The van der Waals surface area contributed by atoms with Crippen LogP contribution in [0.1, 0.15) is 38.3 Å². The highest BCUT2D eigenvalue weighted by Gasteiger charge is 2.35. The molecule has 0 saturated carbocycles. The molecular weight excluding hydrogens is 463 g/mol. The van der Waals surface area contributed by atoms with Crippen LogP contribution in [0.15, 0.2) is 42.9 Å². The molecule has 0 radical (unpaired) electrons. The number of hydrogen-bond acceptors (Lipinski definition) is 7. The summed E-state index contributed by atoms with van der Waals surface area (Å²) in [4.78, 5) is 28.0. The summed E-state index contributed by atoms with van der Waals surface area (Å²) in [5.74, 6) is -1.20. The van der Waals surface area contributed by atoms with Crippen LogP contribution in [-0.2, 0) is 24.8 Å². The van der Waals surface area contributed by atoms with Gasteiger partial charge in [0.2, 0.25) is 5.95 Å². The van der Waals surface area contributed by atoms with Gasteiger partial charge in [0, 0.05) is 49.7 Å². The van der Waals surface area contributed by atoms with Crippen LogP contribution in [0.2, 0.25) is 0 Å². The van der Waals surface area contributed by atoms with Gasteiger partial charge in [-0.05, 0) is 36.6 Å². The molecule has 0 saturated heterocycles. The smallest absolute Gasteiger partial charge is 0.290 e. The van der Waals surface area contributed by atoms with Crippen LogP contribution in [0.3, 0.4) is 0 Å². The van der Waals surface area contributed by atoms with E-state index in [2.05, 4.69) is 25.4 Å². The van der Waals surface area contributed by atoms with Gasteiger partial charge in [0.15, 0.2) is 5.82 Å². The molecule has 4 heterocycles. The van der Waals surface area contributed by atoms with Gasteiger partial charge >= 0.3 is 0 Å². The standard InChI is InChI=1S/C25H27FN8O2/c1-15-5-6-17(9-19(15)26)11-34-18(14-36-4)12-33-13-20(29-23(33)24(34)35)22-16(2)10-27-25(31-22)30-21-7-8-28-32(21)3/h5-10,13,18H,11-12,14H2,1-4H3,(H,27,30,31)/i3D3,4D3,14D2. The van der Waals surface area contributed by atoms with Crippen LogP contribution in [0.5, 0.6) is 0 Å². The van der Waals surface area contributed by atoms with Crippen molar-refractivity contribution in [1.82, 2.24) is 34.2 Å². The number of benzene rings is 1. The number of amides is 1. The molecule has 1 amide bonds. The Morgan fingerprint density at radius 2 is 2.17 bits per heavy atom. The summed E-state index contributed by atoms with van der Waals surface area (Å²) in [6, 6.07) is 4.34. The first-order chi connectivity index (χ1) is 20.4. The number of halogens is 1. The zero-order valence-electron chi connectivity index (χ0n) is 27.4. The third-order valence-corrected chi connectivity index (χ3v) is 5.86. The fraction of sp³-hybridized carbons (Fsp3) is 0.320. The molecule has 0 spiro atoms. The van der Waals surface area contributed by atoms with Crippen molar-refractivity contribution in [2.75, 3.05) is 18.9 Å².